The molecule has 1 aromatic carbocycles. The van der Waals surface area contributed by atoms with Crippen molar-refractivity contribution in [2.75, 3.05) is 6.54 Å². The minimum Gasteiger partial charge on any atom is -0.387 e. The van der Waals surface area contributed by atoms with Crippen LogP contribution >= 0.6 is 12.4 Å². The minimum absolute atomic E-state index is 0. The fourth-order valence-electron chi connectivity index (χ4n) is 1.68. The molecule has 4 N–H and O–H groups in total. The molecule has 0 aliphatic heterocycles. The molecule has 5 heteroatoms. The Balaban J connectivity index is 0.00000361. The summed E-state index contributed by atoms with van der Waals surface area (Å²) < 4.78 is 0. The molecule has 0 fully saturated rings. The lowest BCUT2D eigenvalue weighted by Crippen LogP contribution is -2.40. The molecule has 4 nitrogen and oxygen atoms in total. The van der Waals surface area contributed by atoms with Crippen molar-refractivity contribution in [3.05, 3.63) is 35.4 Å². The summed E-state index contributed by atoms with van der Waals surface area (Å²) in [5, 5.41) is 12.6. The number of hydrogen-bond acceptors (Lipinski definition) is 3. The summed E-state index contributed by atoms with van der Waals surface area (Å²) in [5.41, 5.74) is 7.53. The molecule has 114 valence electrons. The van der Waals surface area contributed by atoms with Crippen LogP contribution in [0.4, 0.5) is 0 Å². The second-order valence-electron chi connectivity index (χ2n) is 5.92. The predicted molar refractivity (Wildman–Crippen MR) is 84.0 cm³/mol. The highest BCUT2D eigenvalue weighted by molar-refractivity contribution is 5.85. The van der Waals surface area contributed by atoms with Gasteiger partial charge in [0, 0.05) is 6.54 Å². The van der Waals surface area contributed by atoms with Crippen molar-refractivity contribution < 1.29 is 9.90 Å². The van der Waals surface area contributed by atoms with Gasteiger partial charge in [0.1, 0.15) is 0 Å². The van der Waals surface area contributed by atoms with E-state index in [1.165, 1.54) is 5.56 Å². The van der Waals surface area contributed by atoms with Gasteiger partial charge in [0.15, 0.2) is 0 Å². The Morgan fingerprint density at radius 1 is 1.30 bits per heavy atom. The van der Waals surface area contributed by atoms with Crippen LogP contribution in [0.15, 0.2) is 24.3 Å². The maximum atomic E-state index is 11.3. The zero-order valence-electron chi connectivity index (χ0n) is 12.5. The molecule has 1 rings (SSSR count). The van der Waals surface area contributed by atoms with Crippen LogP contribution in [0.1, 0.15) is 44.9 Å². The number of rotatable bonds is 4. The first-order chi connectivity index (χ1) is 8.71. The van der Waals surface area contributed by atoms with Crippen LogP contribution in [0, 0.1) is 0 Å². The number of hydrogen-bond donors (Lipinski definition) is 3. The summed E-state index contributed by atoms with van der Waals surface area (Å²) in [5.74, 6) is -0.259. The largest absolute Gasteiger partial charge is 0.387 e. The number of carbonyl (C=O) groups is 1. The van der Waals surface area contributed by atoms with Gasteiger partial charge in [-0.1, -0.05) is 45.0 Å². The third kappa shape index (κ3) is 5.49. The first-order valence-corrected chi connectivity index (χ1v) is 6.53. The van der Waals surface area contributed by atoms with Crippen molar-refractivity contribution in [3.8, 4) is 0 Å². The van der Waals surface area contributed by atoms with Crippen LogP contribution in [-0.2, 0) is 10.2 Å². The molecule has 0 aliphatic carbocycles. The average Bonchev–Trinajstić information content (AvgIpc) is 2.34. The molecule has 1 unspecified atom stereocenters. The first-order valence-electron chi connectivity index (χ1n) is 6.53. The molecular formula is C15H25ClN2O2. The molecule has 0 radical (unpaired) electrons. The molecular weight excluding hydrogens is 276 g/mol. The number of aliphatic hydroxyl groups is 1. The highest BCUT2D eigenvalue weighted by Gasteiger charge is 2.15. The number of aliphatic hydroxyl groups excluding tert-OH is 1. The number of carbonyl (C=O) groups excluding carboxylic acids is 1. The van der Waals surface area contributed by atoms with Crippen LogP contribution in [0.5, 0.6) is 0 Å². The van der Waals surface area contributed by atoms with Gasteiger partial charge in [-0.2, -0.15) is 0 Å². The Morgan fingerprint density at radius 3 is 2.20 bits per heavy atom. The Labute approximate surface area is 127 Å². The summed E-state index contributed by atoms with van der Waals surface area (Å²) >= 11 is 0. The van der Waals surface area contributed by atoms with Gasteiger partial charge in [0.25, 0.3) is 0 Å². The van der Waals surface area contributed by atoms with Gasteiger partial charge in [-0.05, 0) is 23.5 Å². The fourth-order valence-corrected chi connectivity index (χ4v) is 1.68. The van der Waals surface area contributed by atoms with Crippen LogP contribution in [0.2, 0.25) is 0 Å². The zero-order chi connectivity index (χ0) is 14.6. The highest BCUT2D eigenvalue weighted by Crippen LogP contribution is 2.23. The van der Waals surface area contributed by atoms with E-state index in [2.05, 4.69) is 26.1 Å². The van der Waals surface area contributed by atoms with Crippen molar-refractivity contribution in [3.63, 3.8) is 0 Å². The molecule has 0 saturated carbocycles. The molecule has 0 heterocycles. The lowest BCUT2D eigenvalue weighted by atomic mass is 9.86. The lowest BCUT2D eigenvalue weighted by molar-refractivity contribution is -0.122. The van der Waals surface area contributed by atoms with Gasteiger partial charge in [-0.3, -0.25) is 4.79 Å². The van der Waals surface area contributed by atoms with E-state index in [1.807, 2.05) is 24.3 Å². The summed E-state index contributed by atoms with van der Waals surface area (Å²) in [6, 6.07) is 7.24. The number of halogens is 1. The van der Waals surface area contributed by atoms with Crippen molar-refractivity contribution in [1.82, 2.24) is 5.32 Å². The van der Waals surface area contributed by atoms with E-state index < -0.39 is 12.1 Å². The summed E-state index contributed by atoms with van der Waals surface area (Å²) in [4.78, 5) is 11.3. The van der Waals surface area contributed by atoms with Crippen molar-refractivity contribution in [1.29, 1.82) is 0 Å². The number of nitrogens with one attached hydrogen (secondary N) is 1. The third-order valence-electron chi connectivity index (χ3n) is 3.04. The van der Waals surface area contributed by atoms with Gasteiger partial charge in [0.2, 0.25) is 5.91 Å². The molecule has 1 amide bonds. The van der Waals surface area contributed by atoms with Crippen LogP contribution < -0.4 is 11.1 Å². The molecule has 0 spiro atoms. The number of amides is 1. The quantitative estimate of drug-likeness (QED) is 0.795. The standard InChI is InChI=1S/C15H24N2O2.ClH/c1-10(16)14(19)17-9-13(18)11-5-7-12(8-6-11)15(2,3)4;/h5-8,10,13,18H,9,16H2,1-4H3,(H,17,19);1H/t10-,13?;/m0./s1. The number of benzene rings is 1. The summed E-state index contributed by atoms with van der Waals surface area (Å²) in [6.45, 7) is 8.21. The van der Waals surface area contributed by atoms with Crippen LogP contribution in [0.3, 0.4) is 0 Å². The van der Waals surface area contributed by atoms with E-state index in [0.717, 1.165) is 5.56 Å². The monoisotopic (exact) mass is 300 g/mol. The Bertz CT molecular complexity index is 424. The van der Waals surface area contributed by atoms with Gasteiger partial charge in [-0.25, -0.2) is 0 Å². The Kier molecular flexibility index (Phi) is 7.20. The van der Waals surface area contributed by atoms with Gasteiger partial charge in [0.05, 0.1) is 12.1 Å². The second-order valence-corrected chi connectivity index (χ2v) is 5.92. The summed E-state index contributed by atoms with van der Waals surface area (Å²) in [6.07, 6.45) is -0.711. The topological polar surface area (TPSA) is 75.4 Å². The molecule has 0 aromatic heterocycles. The van der Waals surface area contributed by atoms with Crippen molar-refractivity contribution in [2.24, 2.45) is 5.73 Å². The van der Waals surface area contributed by atoms with Crippen molar-refractivity contribution >= 4 is 18.3 Å². The molecule has 2 atom stereocenters. The number of nitrogens with two attached hydrogens (primary N) is 1. The maximum Gasteiger partial charge on any atom is 0.236 e. The molecule has 0 aliphatic rings. The predicted octanol–water partition coefficient (Wildman–Crippen LogP) is 1.90. The third-order valence-corrected chi connectivity index (χ3v) is 3.04. The van der Waals surface area contributed by atoms with Crippen LogP contribution in [0.25, 0.3) is 0 Å². The Hall–Kier alpha value is -1.10. The normalized spacial score (nSPS) is 14.1. The van der Waals surface area contributed by atoms with Crippen molar-refractivity contribution in [2.45, 2.75) is 45.3 Å². The molecule has 0 bridgehead atoms. The van der Waals surface area contributed by atoms with E-state index >= 15 is 0 Å². The summed E-state index contributed by atoms with van der Waals surface area (Å²) in [7, 11) is 0. The van der Waals surface area contributed by atoms with Gasteiger partial charge in [-0.15, -0.1) is 12.4 Å². The van der Waals surface area contributed by atoms with Gasteiger partial charge < -0.3 is 16.2 Å². The van der Waals surface area contributed by atoms with E-state index in [1.54, 1.807) is 6.92 Å². The van der Waals surface area contributed by atoms with E-state index in [0.29, 0.717) is 0 Å². The van der Waals surface area contributed by atoms with Gasteiger partial charge >= 0.3 is 0 Å². The lowest BCUT2D eigenvalue weighted by Gasteiger charge is -2.20. The highest BCUT2D eigenvalue weighted by atomic mass is 35.5. The smallest absolute Gasteiger partial charge is 0.236 e. The zero-order valence-corrected chi connectivity index (χ0v) is 13.3. The van der Waals surface area contributed by atoms with E-state index in [-0.39, 0.29) is 30.3 Å². The van der Waals surface area contributed by atoms with E-state index in [9.17, 15) is 9.90 Å². The molecule has 0 saturated heterocycles. The van der Waals surface area contributed by atoms with E-state index in [4.69, 9.17) is 5.73 Å². The molecule has 20 heavy (non-hydrogen) atoms. The Morgan fingerprint density at radius 2 is 1.80 bits per heavy atom. The second kappa shape index (κ2) is 7.62. The average molecular weight is 301 g/mol. The first kappa shape index (κ1) is 18.9. The fraction of sp³-hybridized carbons (Fsp3) is 0.533. The maximum absolute atomic E-state index is 11.3. The SMILES string of the molecule is C[C@H](N)C(=O)NCC(O)c1ccc(C(C)(C)C)cc1.Cl. The van der Waals surface area contributed by atoms with Crippen LogP contribution in [-0.4, -0.2) is 23.6 Å². The minimum atomic E-state index is -0.711. The molecule has 1 aromatic rings.